The van der Waals surface area contributed by atoms with Gasteiger partial charge in [-0.25, -0.2) is 0 Å². The van der Waals surface area contributed by atoms with Gasteiger partial charge in [0.25, 0.3) is 0 Å². The average molecular weight is 168 g/mol. The molecule has 0 saturated carbocycles. The van der Waals surface area contributed by atoms with Crippen molar-refractivity contribution in [1.29, 1.82) is 0 Å². The Labute approximate surface area is 75.4 Å². The highest BCUT2D eigenvalue weighted by atomic mass is 15.2. The van der Waals surface area contributed by atoms with Crippen molar-refractivity contribution in [2.24, 2.45) is 5.73 Å². The molecule has 2 heteroatoms. The summed E-state index contributed by atoms with van der Waals surface area (Å²) in [7, 11) is 0. The van der Waals surface area contributed by atoms with Crippen LogP contribution in [0.1, 0.15) is 26.2 Å². The van der Waals surface area contributed by atoms with Gasteiger partial charge >= 0.3 is 0 Å². The van der Waals surface area contributed by atoms with Crippen molar-refractivity contribution in [3.05, 3.63) is 12.2 Å². The van der Waals surface area contributed by atoms with Crippen LogP contribution in [0.25, 0.3) is 0 Å². The van der Waals surface area contributed by atoms with Crippen molar-refractivity contribution in [2.75, 3.05) is 19.6 Å². The molecule has 0 amide bonds. The smallest absolute Gasteiger partial charge is 0.0205 e. The second-order valence-corrected chi connectivity index (χ2v) is 3.77. The first-order chi connectivity index (χ1) is 5.74. The molecule has 0 aliphatic carbocycles. The first kappa shape index (κ1) is 9.75. The summed E-state index contributed by atoms with van der Waals surface area (Å²) in [5, 5.41) is 0. The molecule has 1 unspecified atom stereocenters. The number of hydrogen-bond acceptors (Lipinski definition) is 2. The molecule has 2 N–H and O–H groups in total. The Balaban J connectivity index is 2.33. The minimum Gasteiger partial charge on any atom is -0.327 e. The lowest BCUT2D eigenvalue weighted by atomic mass is 10.0. The van der Waals surface area contributed by atoms with E-state index in [1.54, 1.807) is 0 Å². The van der Waals surface area contributed by atoms with Gasteiger partial charge in [-0.1, -0.05) is 13.0 Å². The fraction of sp³-hybridized carbons (Fsp3) is 0.800. The van der Waals surface area contributed by atoms with Crippen LogP contribution in [0.4, 0.5) is 0 Å². The third-order valence-corrected chi connectivity index (χ3v) is 2.66. The lowest BCUT2D eigenvalue weighted by Gasteiger charge is -2.33. The maximum Gasteiger partial charge on any atom is 0.0205 e. The molecule has 0 spiro atoms. The summed E-state index contributed by atoms with van der Waals surface area (Å²) < 4.78 is 0. The fourth-order valence-electron chi connectivity index (χ4n) is 1.74. The highest BCUT2D eigenvalue weighted by Crippen LogP contribution is 2.16. The van der Waals surface area contributed by atoms with Crippen molar-refractivity contribution in [3.63, 3.8) is 0 Å². The van der Waals surface area contributed by atoms with Crippen LogP contribution in [-0.4, -0.2) is 30.6 Å². The lowest BCUT2D eigenvalue weighted by Crippen LogP contribution is -2.39. The Morgan fingerprint density at radius 3 is 2.92 bits per heavy atom. The van der Waals surface area contributed by atoms with Crippen molar-refractivity contribution in [1.82, 2.24) is 4.90 Å². The van der Waals surface area contributed by atoms with E-state index in [2.05, 4.69) is 18.4 Å². The highest BCUT2D eigenvalue weighted by molar-refractivity contribution is 4.99. The molecule has 0 bridgehead atoms. The Hall–Kier alpha value is -0.340. The number of hydrogen-bond donors (Lipinski definition) is 1. The van der Waals surface area contributed by atoms with E-state index >= 15 is 0 Å². The molecule has 0 aromatic heterocycles. The number of nitrogens with two attached hydrogens (primary N) is 1. The zero-order valence-electron chi connectivity index (χ0n) is 8.05. The molecule has 12 heavy (non-hydrogen) atoms. The van der Waals surface area contributed by atoms with Crippen LogP contribution in [0.3, 0.4) is 0 Å². The molecule has 1 aliphatic heterocycles. The summed E-state index contributed by atoms with van der Waals surface area (Å²) in [4.78, 5) is 2.48. The SMILES string of the molecule is C=C(CN)CN1CCCCC1C. The second-order valence-electron chi connectivity index (χ2n) is 3.77. The van der Waals surface area contributed by atoms with Gasteiger partial charge in [0.15, 0.2) is 0 Å². The van der Waals surface area contributed by atoms with E-state index in [-0.39, 0.29) is 0 Å². The number of likely N-dealkylation sites (tertiary alicyclic amines) is 1. The maximum absolute atomic E-state index is 5.51. The molecule has 70 valence electrons. The van der Waals surface area contributed by atoms with Gasteiger partial charge < -0.3 is 5.73 Å². The molecule has 1 atom stereocenters. The predicted octanol–water partition coefficient (Wildman–Crippen LogP) is 1.38. The van der Waals surface area contributed by atoms with Crippen LogP contribution in [-0.2, 0) is 0 Å². The monoisotopic (exact) mass is 168 g/mol. The number of nitrogens with zero attached hydrogens (tertiary/aromatic N) is 1. The van der Waals surface area contributed by atoms with Gasteiger partial charge in [0, 0.05) is 19.1 Å². The third-order valence-electron chi connectivity index (χ3n) is 2.66. The number of piperidine rings is 1. The second kappa shape index (κ2) is 4.63. The molecule has 1 aliphatic rings. The Morgan fingerprint density at radius 2 is 2.33 bits per heavy atom. The zero-order valence-corrected chi connectivity index (χ0v) is 8.05. The van der Waals surface area contributed by atoms with Crippen LogP contribution >= 0.6 is 0 Å². The van der Waals surface area contributed by atoms with E-state index in [1.165, 1.54) is 25.8 Å². The molecule has 0 radical (unpaired) electrons. The molecule has 1 fully saturated rings. The Morgan fingerprint density at radius 1 is 1.58 bits per heavy atom. The first-order valence-electron chi connectivity index (χ1n) is 4.85. The van der Waals surface area contributed by atoms with E-state index in [9.17, 15) is 0 Å². The first-order valence-corrected chi connectivity index (χ1v) is 4.85. The minimum absolute atomic E-state index is 0.628. The van der Waals surface area contributed by atoms with Gasteiger partial charge in [0.2, 0.25) is 0 Å². The van der Waals surface area contributed by atoms with Gasteiger partial charge in [-0.2, -0.15) is 0 Å². The summed E-state index contributed by atoms with van der Waals surface area (Å²) in [6.07, 6.45) is 4.05. The van der Waals surface area contributed by atoms with E-state index in [4.69, 9.17) is 5.73 Å². The molecular formula is C10H20N2. The summed E-state index contributed by atoms with van der Waals surface area (Å²) in [6.45, 7) is 9.08. The van der Waals surface area contributed by atoms with Crippen LogP contribution in [0.2, 0.25) is 0 Å². The Bertz CT molecular complexity index is 154. The number of rotatable bonds is 3. The molecule has 1 rings (SSSR count). The minimum atomic E-state index is 0.628. The summed E-state index contributed by atoms with van der Waals surface area (Å²) >= 11 is 0. The van der Waals surface area contributed by atoms with E-state index < -0.39 is 0 Å². The van der Waals surface area contributed by atoms with Crippen molar-refractivity contribution in [2.45, 2.75) is 32.2 Å². The standard InChI is InChI=1S/C10H20N2/c1-9(7-11)8-12-6-4-3-5-10(12)2/h10H,1,3-8,11H2,2H3. The van der Waals surface area contributed by atoms with E-state index in [1.807, 2.05) is 0 Å². The molecule has 0 aromatic carbocycles. The van der Waals surface area contributed by atoms with E-state index in [0.29, 0.717) is 6.54 Å². The summed E-state index contributed by atoms with van der Waals surface area (Å²) in [5.74, 6) is 0. The van der Waals surface area contributed by atoms with Crippen molar-refractivity contribution in [3.8, 4) is 0 Å². The topological polar surface area (TPSA) is 29.3 Å². The Kier molecular flexibility index (Phi) is 3.76. The third kappa shape index (κ3) is 2.61. The zero-order chi connectivity index (χ0) is 8.97. The molecular weight excluding hydrogens is 148 g/mol. The normalized spacial score (nSPS) is 25.7. The predicted molar refractivity (Wildman–Crippen MR) is 53.1 cm³/mol. The lowest BCUT2D eigenvalue weighted by molar-refractivity contribution is 0.174. The fourth-order valence-corrected chi connectivity index (χ4v) is 1.74. The molecule has 1 saturated heterocycles. The quantitative estimate of drug-likeness (QED) is 0.645. The molecule has 2 nitrogen and oxygen atoms in total. The largest absolute Gasteiger partial charge is 0.327 e. The summed E-state index contributed by atoms with van der Waals surface area (Å²) in [6, 6.07) is 0.724. The molecule has 0 aromatic rings. The van der Waals surface area contributed by atoms with E-state index in [0.717, 1.165) is 18.2 Å². The van der Waals surface area contributed by atoms with Gasteiger partial charge in [0.1, 0.15) is 0 Å². The van der Waals surface area contributed by atoms with Gasteiger partial charge in [0.05, 0.1) is 0 Å². The maximum atomic E-state index is 5.51. The van der Waals surface area contributed by atoms with Crippen molar-refractivity contribution < 1.29 is 0 Å². The highest BCUT2D eigenvalue weighted by Gasteiger charge is 2.17. The van der Waals surface area contributed by atoms with Crippen LogP contribution in [0, 0.1) is 0 Å². The van der Waals surface area contributed by atoms with Crippen LogP contribution in [0.5, 0.6) is 0 Å². The molecule has 1 heterocycles. The van der Waals surface area contributed by atoms with Crippen LogP contribution < -0.4 is 5.73 Å². The van der Waals surface area contributed by atoms with Gasteiger partial charge in [-0.3, -0.25) is 4.90 Å². The summed E-state index contributed by atoms with van der Waals surface area (Å²) in [5.41, 5.74) is 6.66. The average Bonchev–Trinajstić information content (AvgIpc) is 2.09. The van der Waals surface area contributed by atoms with Crippen LogP contribution in [0.15, 0.2) is 12.2 Å². The van der Waals surface area contributed by atoms with Crippen molar-refractivity contribution >= 4 is 0 Å². The van der Waals surface area contributed by atoms with Gasteiger partial charge in [-0.15, -0.1) is 0 Å². The van der Waals surface area contributed by atoms with Gasteiger partial charge in [-0.05, 0) is 31.9 Å².